The minimum absolute atomic E-state index is 0.170. The third kappa shape index (κ3) is 2.71. The number of imidazole rings is 1. The normalized spacial score (nSPS) is 11.1. The number of aromatic amines is 1. The first-order valence-corrected chi connectivity index (χ1v) is 8.39. The zero-order valence-electron chi connectivity index (χ0n) is 14.1. The first-order valence-electron chi connectivity index (χ1n) is 8.39. The second kappa shape index (κ2) is 6.06. The highest BCUT2D eigenvalue weighted by Crippen LogP contribution is 2.30. The van der Waals surface area contributed by atoms with Crippen LogP contribution in [0, 0.1) is 0 Å². The summed E-state index contributed by atoms with van der Waals surface area (Å²) < 4.78 is 0. The Morgan fingerprint density at radius 2 is 1.81 bits per heavy atom. The Labute approximate surface area is 153 Å². The maximum Gasteiger partial charge on any atom is 0.244 e. The van der Waals surface area contributed by atoms with E-state index in [2.05, 4.69) is 42.4 Å². The number of benzene rings is 2. The number of nitrogens with zero attached hydrogens (tertiary/aromatic N) is 4. The van der Waals surface area contributed by atoms with Gasteiger partial charge in [0.2, 0.25) is 11.8 Å². The van der Waals surface area contributed by atoms with Gasteiger partial charge in [-0.05, 0) is 35.4 Å². The fraction of sp³-hybridized carbons (Fsp3) is 0. The predicted molar refractivity (Wildman–Crippen MR) is 104 cm³/mol. The lowest BCUT2D eigenvalue weighted by Crippen LogP contribution is -1.98. The van der Waals surface area contributed by atoms with E-state index in [9.17, 15) is 5.11 Å². The minimum Gasteiger partial charge on any atom is -0.492 e. The summed E-state index contributed by atoms with van der Waals surface area (Å²) in [6.07, 6.45) is 3.28. The average molecular weight is 354 g/mol. The first-order chi connectivity index (χ1) is 13.3. The molecule has 3 N–H and O–H groups in total. The third-order valence-corrected chi connectivity index (χ3v) is 4.34. The summed E-state index contributed by atoms with van der Waals surface area (Å²) in [4.78, 5) is 19.7. The van der Waals surface area contributed by atoms with Gasteiger partial charge in [0.15, 0.2) is 11.2 Å². The molecule has 0 fully saturated rings. The molecule has 5 aromatic rings. The SMILES string of the molecule is Oc1nc(Nc2ccc3nccc(-c4ccccc4)c3c2)nc2[nH]cnc12. The van der Waals surface area contributed by atoms with Crippen molar-refractivity contribution in [2.45, 2.75) is 0 Å². The summed E-state index contributed by atoms with van der Waals surface area (Å²) in [5.41, 5.74) is 4.72. The highest BCUT2D eigenvalue weighted by Gasteiger charge is 2.10. The van der Waals surface area contributed by atoms with Gasteiger partial charge < -0.3 is 15.4 Å². The van der Waals surface area contributed by atoms with Crippen molar-refractivity contribution in [3.05, 3.63) is 67.1 Å². The van der Waals surface area contributed by atoms with Crippen molar-refractivity contribution in [2.24, 2.45) is 0 Å². The van der Waals surface area contributed by atoms with E-state index in [1.165, 1.54) is 6.33 Å². The van der Waals surface area contributed by atoms with Crippen LogP contribution in [0.15, 0.2) is 67.1 Å². The Morgan fingerprint density at radius 3 is 2.70 bits per heavy atom. The number of nitrogens with one attached hydrogen (secondary N) is 2. The molecular formula is C20H14N6O. The van der Waals surface area contributed by atoms with E-state index < -0.39 is 0 Å². The summed E-state index contributed by atoms with van der Waals surface area (Å²) in [6.45, 7) is 0. The second-order valence-electron chi connectivity index (χ2n) is 6.05. The Morgan fingerprint density at radius 1 is 0.926 bits per heavy atom. The van der Waals surface area contributed by atoms with Crippen LogP contribution >= 0.6 is 0 Å². The third-order valence-electron chi connectivity index (χ3n) is 4.34. The van der Waals surface area contributed by atoms with Crippen LogP contribution in [-0.2, 0) is 0 Å². The summed E-state index contributed by atoms with van der Waals surface area (Å²) in [7, 11) is 0. The molecule has 7 heteroatoms. The number of aromatic nitrogens is 5. The van der Waals surface area contributed by atoms with Crippen molar-refractivity contribution in [3.8, 4) is 17.0 Å². The molecule has 0 radical (unpaired) electrons. The monoisotopic (exact) mass is 354 g/mol. The number of hydrogen-bond acceptors (Lipinski definition) is 6. The smallest absolute Gasteiger partial charge is 0.244 e. The number of fused-ring (bicyclic) bond motifs is 2. The van der Waals surface area contributed by atoms with Gasteiger partial charge in [-0.15, -0.1) is 0 Å². The van der Waals surface area contributed by atoms with Crippen molar-refractivity contribution in [1.29, 1.82) is 0 Å². The molecule has 0 bridgehead atoms. The highest BCUT2D eigenvalue weighted by molar-refractivity contribution is 5.96. The quantitative estimate of drug-likeness (QED) is 0.452. The zero-order chi connectivity index (χ0) is 18.2. The molecule has 0 aliphatic heterocycles. The number of pyridine rings is 1. The first kappa shape index (κ1) is 15.3. The summed E-state index contributed by atoms with van der Waals surface area (Å²) in [5.74, 6) is 0.116. The van der Waals surface area contributed by atoms with Gasteiger partial charge in [-0.2, -0.15) is 9.97 Å². The molecule has 27 heavy (non-hydrogen) atoms. The molecule has 0 unspecified atom stereocenters. The fourth-order valence-corrected chi connectivity index (χ4v) is 3.10. The van der Waals surface area contributed by atoms with E-state index in [-0.39, 0.29) is 11.8 Å². The van der Waals surface area contributed by atoms with Gasteiger partial charge in [0, 0.05) is 17.3 Å². The Bertz CT molecular complexity index is 1270. The Balaban J connectivity index is 1.59. The van der Waals surface area contributed by atoms with Crippen molar-refractivity contribution in [1.82, 2.24) is 24.9 Å². The van der Waals surface area contributed by atoms with Crippen LogP contribution in [0.1, 0.15) is 0 Å². The molecule has 0 amide bonds. The number of hydrogen-bond donors (Lipinski definition) is 3. The molecule has 3 aromatic heterocycles. The standard InChI is InChI=1S/C20H14N6O/c27-19-17-18(23-11-22-17)25-20(26-19)24-13-6-7-16-15(10-13)14(8-9-21-16)12-4-2-1-3-5-12/h1-11H,(H3,22,23,24,25,26,27). The van der Waals surface area contributed by atoms with E-state index in [0.717, 1.165) is 27.7 Å². The lowest BCUT2D eigenvalue weighted by Gasteiger charge is -2.10. The van der Waals surface area contributed by atoms with Crippen molar-refractivity contribution >= 4 is 33.7 Å². The van der Waals surface area contributed by atoms with E-state index in [4.69, 9.17) is 0 Å². The number of H-pyrrole nitrogens is 1. The summed E-state index contributed by atoms with van der Waals surface area (Å²) >= 11 is 0. The number of anilines is 2. The molecule has 0 saturated carbocycles. The molecule has 5 rings (SSSR count). The van der Waals surface area contributed by atoms with Crippen LogP contribution in [0.4, 0.5) is 11.6 Å². The molecular weight excluding hydrogens is 340 g/mol. The maximum atomic E-state index is 10.00. The van der Waals surface area contributed by atoms with Crippen LogP contribution < -0.4 is 5.32 Å². The number of aromatic hydroxyl groups is 1. The topological polar surface area (TPSA) is 99.6 Å². The minimum atomic E-state index is -0.170. The van der Waals surface area contributed by atoms with Crippen molar-refractivity contribution in [3.63, 3.8) is 0 Å². The lowest BCUT2D eigenvalue weighted by atomic mass is 10.0. The van der Waals surface area contributed by atoms with Crippen LogP contribution in [-0.4, -0.2) is 30.0 Å². The zero-order valence-corrected chi connectivity index (χ0v) is 14.1. The van der Waals surface area contributed by atoms with Gasteiger partial charge in [0.05, 0.1) is 11.8 Å². The fourth-order valence-electron chi connectivity index (χ4n) is 3.10. The van der Waals surface area contributed by atoms with Gasteiger partial charge in [-0.25, -0.2) is 4.98 Å². The van der Waals surface area contributed by atoms with Gasteiger partial charge in [-0.3, -0.25) is 4.98 Å². The molecule has 0 aliphatic rings. The Kier molecular flexibility index (Phi) is 3.43. The largest absolute Gasteiger partial charge is 0.492 e. The molecule has 0 aliphatic carbocycles. The van der Waals surface area contributed by atoms with Gasteiger partial charge >= 0.3 is 0 Å². The predicted octanol–water partition coefficient (Wildman–Crippen LogP) is 4.02. The average Bonchev–Trinajstić information content (AvgIpc) is 3.17. The van der Waals surface area contributed by atoms with E-state index in [0.29, 0.717) is 11.2 Å². The molecule has 0 spiro atoms. The molecule has 0 saturated heterocycles. The van der Waals surface area contributed by atoms with Crippen LogP contribution in [0.25, 0.3) is 33.2 Å². The van der Waals surface area contributed by atoms with Crippen LogP contribution in [0.2, 0.25) is 0 Å². The molecule has 2 aromatic carbocycles. The van der Waals surface area contributed by atoms with Crippen molar-refractivity contribution in [2.75, 3.05) is 5.32 Å². The van der Waals surface area contributed by atoms with Gasteiger partial charge in [0.25, 0.3) is 0 Å². The maximum absolute atomic E-state index is 10.00. The Hall–Kier alpha value is -4.00. The van der Waals surface area contributed by atoms with E-state index >= 15 is 0 Å². The van der Waals surface area contributed by atoms with Gasteiger partial charge in [0.1, 0.15) is 0 Å². The molecule has 130 valence electrons. The highest BCUT2D eigenvalue weighted by atomic mass is 16.3. The lowest BCUT2D eigenvalue weighted by molar-refractivity contribution is 0.459. The second-order valence-corrected chi connectivity index (χ2v) is 6.05. The number of rotatable bonds is 3. The van der Waals surface area contributed by atoms with Crippen molar-refractivity contribution < 1.29 is 5.11 Å². The summed E-state index contributed by atoms with van der Waals surface area (Å²) in [5, 5.41) is 14.2. The van der Waals surface area contributed by atoms with E-state index in [1.54, 1.807) is 0 Å². The summed E-state index contributed by atoms with van der Waals surface area (Å²) in [6, 6.07) is 18.0. The van der Waals surface area contributed by atoms with Crippen LogP contribution in [0.5, 0.6) is 5.88 Å². The van der Waals surface area contributed by atoms with E-state index in [1.807, 2.05) is 48.7 Å². The molecule has 3 heterocycles. The molecule has 7 nitrogen and oxygen atoms in total. The molecule has 0 atom stereocenters. The van der Waals surface area contributed by atoms with Crippen LogP contribution in [0.3, 0.4) is 0 Å². The van der Waals surface area contributed by atoms with Gasteiger partial charge in [-0.1, -0.05) is 30.3 Å².